The number of pyridine rings is 1. The van der Waals surface area contributed by atoms with Crippen molar-refractivity contribution in [3.63, 3.8) is 0 Å². The van der Waals surface area contributed by atoms with Crippen LogP contribution < -0.4 is 15.1 Å². The molecule has 0 radical (unpaired) electrons. The zero-order valence-electron chi connectivity index (χ0n) is 18.7. The minimum atomic E-state index is -5.46. The van der Waals surface area contributed by atoms with Crippen LogP contribution in [0.5, 0.6) is 5.75 Å². The molecule has 1 aliphatic heterocycles. The van der Waals surface area contributed by atoms with Gasteiger partial charge in [-0.3, -0.25) is 9.80 Å². The summed E-state index contributed by atoms with van der Waals surface area (Å²) < 4.78 is 68.0. The van der Waals surface area contributed by atoms with E-state index in [-0.39, 0.29) is 23.3 Å². The molecule has 0 saturated heterocycles. The second-order valence-electron chi connectivity index (χ2n) is 7.62. The van der Waals surface area contributed by atoms with Crippen LogP contribution in [0.2, 0.25) is 0 Å². The van der Waals surface area contributed by atoms with Crippen LogP contribution in [0.25, 0.3) is 5.52 Å². The summed E-state index contributed by atoms with van der Waals surface area (Å²) in [6.45, 7) is 1.51. The largest absolute Gasteiger partial charge is 0.516 e. The number of carbonyl (C=O) groups excluding carboxylic acids is 1. The molecule has 0 bridgehead atoms. The SMILES string of the molecule is COc1ccn2nc(C)c(C(=O)NCc3ccc(N4CCN(S(=O)(=O)C(F)(F)F)C=N4)cc3)c2c1. The number of aryl methyl sites for hydroxylation is 1. The topological polar surface area (TPSA) is 109 Å². The molecule has 0 fully saturated rings. The van der Waals surface area contributed by atoms with Crippen LogP contribution in [0.3, 0.4) is 0 Å². The van der Waals surface area contributed by atoms with Gasteiger partial charge in [0.2, 0.25) is 0 Å². The summed E-state index contributed by atoms with van der Waals surface area (Å²) in [5.41, 5.74) is -2.44. The molecule has 0 spiro atoms. The van der Waals surface area contributed by atoms with Gasteiger partial charge in [0.15, 0.2) is 0 Å². The second-order valence-corrected chi connectivity index (χ2v) is 9.50. The molecular formula is C21H21F3N6O4S. The zero-order chi connectivity index (χ0) is 25.4. The van der Waals surface area contributed by atoms with E-state index in [9.17, 15) is 26.4 Å². The number of alkyl halides is 3. The molecule has 1 N–H and O–H groups in total. The highest BCUT2D eigenvalue weighted by atomic mass is 32.2. The quantitative estimate of drug-likeness (QED) is 0.546. The Morgan fingerprint density at radius 2 is 1.89 bits per heavy atom. The number of hydrogen-bond acceptors (Lipinski definition) is 7. The maximum absolute atomic E-state index is 12.8. The molecular weight excluding hydrogens is 489 g/mol. The molecule has 3 aromatic rings. The lowest BCUT2D eigenvalue weighted by molar-refractivity contribution is -0.0471. The van der Waals surface area contributed by atoms with Crippen molar-refractivity contribution < 1.29 is 31.1 Å². The number of rotatable bonds is 6. The fraction of sp³-hybridized carbons (Fsp3) is 0.286. The van der Waals surface area contributed by atoms with E-state index in [0.717, 1.165) is 5.56 Å². The second kappa shape index (κ2) is 9.09. The zero-order valence-corrected chi connectivity index (χ0v) is 19.5. The number of carbonyl (C=O) groups is 1. The number of fused-ring (bicyclic) bond motifs is 1. The molecule has 35 heavy (non-hydrogen) atoms. The number of nitrogens with zero attached hydrogens (tertiary/aromatic N) is 5. The Bertz CT molecular complexity index is 1390. The molecule has 2 aromatic heterocycles. The van der Waals surface area contributed by atoms with E-state index >= 15 is 0 Å². The highest BCUT2D eigenvalue weighted by Crippen LogP contribution is 2.27. The predicted molar refractivity (Wildman–Crippen MR) is 122 cm³/mol. The van der Waals surface area contributed by atoms with Gasteiger partial charge in [0.25, 0.3) is 5.91 Å². The Morgan fingerprint density at radius 1 is 1.17 bits per heavy atom. The number of amides is 1. The number of hydrogen-bond donors (Lipinski definition) is 1. The number of benzene rings is 1. The fourth-order valence-electron chi connectivity index (χ4n) is 3.55. The first-order valence-electron chi connectivity index (χ1n) is 10.3. The van der Waals surface area contributed by atoms with Crippen molar-refractivity contribution in [1.29, 1.82) is 0 Å². The van der Waals surface area contributed by atoms with Gasteiger partial charge in [-0.25, -0.2) is 8.82 Å². The average Bonchev–Trinajstić information content (AvgIpc) is 3.17. The number of methoxy groups -OCH3 is 1. The number of aromatic nitrogens is 2. The molecule has 0 saturated carbocycles. The molecule has 1 aromatic carbocycles. The number of hydrazone groups is 1. The van der Waals surface area contributed by atoms with E-state index in [4.69, 9.17) is 4.74 Å². The van der Waals surface area contributed by atoms with Crippen molar-refractivity contribution in [2.45, 2.75) is 19.0 Å². The molecule has 3 heterocycles. The Hall–Kier alpha value is -3.81. The third-order valence-electron chi connectivity index (χ3n) is 5.38. The van der Waals surface area contributed by atoms with Gasteiger partial charge < -0.3 is 10.1 Å². The van der Waals surface area contributed by atoms with Gasteiger partial charge in [0, 0.05) is 18.8 Å². The normalized spacial score (nSPS) is 14.4. The fourth-order valence-corrected chi connectivity index (χ4v) is 4.30. The molecule has 1 aliphatic rings. The van der Waals surface area contributed by atoms with Gasteiger partial charge in [-0.1, -0.05) is 12.1 Å². The lowest BCUT2D eigenvalue weighted by Gasteiger charge is -2.29. The summed E-state index contributed by atoms with van der Waals surface area (Å²) in [5.74, 6) is 0.294. The maximum Gasteiger partial charge on any atom is 0.516 e. The molecule has 186 valence electrons. The number of nitrogens with one attached hydrogen (secondary N) is 1. The van der Waals surface area contributed by atoms with Gasteiger partial charge >= 0.3 is 15.5 Å². The van der Waals surface area contributed by atoms with Crippen LogP contribution in [0, 0.1) is 6.92 Å². The van der Waals surface area contributed by atoms with Crippen molar-refractivity contribution >= 4 is 33.5 Å². The van der Waals surface area contributed by atoms with Crippen molar-refractivity contribution in [3.8, 4) is 5.75 Å². The van der Waals surface area contributed by atoms with Gasteiger partial charge in [0.1, 0.15) is 12.1 Å². The van der Waals surface area contributed by atoms with Crippen LogP contribution in [0.1, 0.15) is 21.6 Å². The van der Waals surface area contributed by atoms with Crippen molar-refractivity contribution in [2.24, 2.45) is 5.10 Å². The van der Waals surface area contributed by atoms with Crippen LogP contribution in [0.4, 0.5) is 18.9 Å². The first-order valence-corrected chi connectivity index (χ1v) is 11.7. The first-order chi connectivity index (χ1) is 16.5. The van der Waals surface area contributed by atoms with Gasteiger partial charge in [-0.05, 0) is 30.7 Å². The van der Waals surface area contributed by atoms with Crippen LogP contribution in [0.15, 0.2) is 47.7 Å². The summed E-state index contributed by atoms with van der Waals surface area (Å²) in [4.78, 5) is 12.8. The van der Waals surface area contributed by atoms with Crippen molar-refractivity contribution in [3.05, 3.63) is 59.4 Å². The standard InChI is InChI=1S/C21H21F3N6O4S/c1-14-19(18-11-17(34-2)7-8-30(18)27-14)20(31)25-12-15-3-5-16(6-4-15)29-10-9-28(13-26-29)35(32,33)21(22,23)24/h3-8,11,13H,9-10,12H2,1-2H3,(H,25,31). The summed E-state index contributed by atoms with van der Waals surface area (Å²) in [7, 11) is -3.93. The Balaban J connectivity index is 1.41. The van der Waals surface area contributed by atoms with Crippen molar-refractivity contribution in [2.75, 3.05) is 25.2 Å². The average molecular weight is 510 g/mol. The van der Waals surface area contributed by atoms with E-state index in [1.165, 1.54) is 12.1 Å². The minimum absolute atomic E-state index is 0.0562. The predicted octanol–water partition coefficient (Wildman–Crippen LogP) is 2.50. The monoisotopic (exact) mass is 510 g/mol. The third-order valence-corrected chi connectivity index (χ3v) is 6.86. The lowest BCUT2D eigenvalue weighted by atomic mass is 10.1. The highest BCUT2D eigenvalue weighted by molar-refractivity contribution is 7.90. The molecule has 14 heteroatoms. The molecule has 1 amide bonds. The summed E-state index contributed by atoms with van der Waals surface area (Å²) in [6.07, 6.45) is 2.35. The summed E-state index contributed by atoms with van der Waals surface area (Å²) >= 11 is 0. The van der Waals surface area contributed by atoms with Crippen LogP contribution >= 0.6 is 0 Å². The number of ether oxygens (including phenoxy) is 1. The van der Waals surface area contributed by atoms with E-state index in [1.807, 2.05) is 0 Å². The smallest absolute Gasteiger partial charge is 0.497 e. The summed E-state index contributed by atoms with van der Waals surface area (Å²) in [5, 5.41) is 12.4. The molecule has 0 aliphatic carbocycles. The van der Waals surface area contributed by atoms with E-state index in [2.05, 4.69) is 15.5 Å². The Morgan fingerprint density at radius 3 is 2.49 bits per heavy atom. The Kier molecular flexibility index (Phi) is 6.32. The molecule has 0 atom stereocenters. The number of anilines is 1. The molecule has 4 rings (SSSR count). The van der Waals surface area contributed by atoms with Gasteiger partial charge in [0.05, 0.1) is 42.7 Å². The van der Waals surface area contributed by atoms with Crippen molar-refractivity contribution in [1.82, 2.24) is 19.2 Å². The number of halogens is 3. The van der Waals surface area contributed by atoms with E-state index < -0.39 is 22.1 Å². The third kappa shape index (κ3) is 4.73. The Labute approximate surface area is 198 Å². The summed E-state index contributed by atoms with van der Waals surface area (Å²) in [6, 6.07) is 10.3. The highest BCUT2D eigenvalue weighted by Gasteiger charge is 2.50. The first kappa shape index (κ1) is 24.3. The van der Waals surface area contributed by atoms with Gasteiger partial charge in [-0.15, -0.1) is 0 Å². The molecule has 10 nitrogen and oxygen atoms in total. The van der Waals surface area contributed by atoms with Gasteiger partial charge in [-0.2, -0.15) is 31.8 Å². The number of sulfonamides is 1. The van der Waals surface area contributed by atoms with E-state index in [0.29, 0.717) is 34.5 Å². The minimum Gasteiger partial charge on any atom is -0.497 e. The van der Waals surface area contributed by atoms with Crippen LogP contribution in [-0.4, -0.2) is 60.3 Å². The lowest BCUT2D eigenvalue weighted by Crippen LogP contribution is -2.46. The van der Waals surface area contributed by atoms with E-state index in [1.54, 1.807) is 54.0 Å². The maximum atomic E-state index is 12.8. The van der Waals surface area contributed by atoms with Crippen LogP contribution in [-0.2, 0) is 16.6 Å². The molecule has 0 unspecified atom stereocenters.